The third-order valence-electron chi connectivity index (χ3n) is 4.53. The highest BCUT2D eigenvalue weighted by Gasteiger charge is 2.14. The average molecular weight is 431 g/mol. The Morgan fingerprint density at radius 3 is 2.47 bits per heavy atom. The molecule has 1 amide bonds. The second-order valence-electron chi connectivity index (χ2n) is 6.65. The highest BCUT2D eigenvalue weighted by atomic mass is 16.6. The van der Waals surface area contributed by atoms with Crippen molar-refractivity contribution in [3.63, 3.8) is 0 Å². The van der Waals surface area contributed by atoms with Gasteiger partial charge in [0.1, 0.15) is 23.2 Å². The smallest absolute Gasteiger partial charge is 0.337 e. The van der Waals surface area contributed by atoms with Crippen molar-refractivity contribution in [1.29, 1.82) is 5.26 Å². The maximum Gasteiger partial charge on any atom is 0.337 e. The van der Waals surface area contributed by atoms with Gasteiger partial charge in [-0.25, -0.2) is 4.79 Å². The van der Waals surface area contributed by atoms with Crippen molar-refractivity contribution in [2.45, 2.75) is 6.92 Å². The highest BCUT2D eigenvalue weighted by molar-refractivity contribution is 6.09. The summed E-state index contributed by atoms with van der Waals surface area (Å²) in [6, 6.07) is 15.5. The van der Waals surface area contributed by atoms with Crippen molar-refractivity contribution in [3.8, 4) is 17.4 Å². The van der Waals surface area contributed by atoms with Crippen molar-refractivity contribution < 1.29 is 23.7 Å². The molecule has 0 fully saturated rings. The molecule has 0 unspecified atom stereocenters. The Balaban J connectivity index is 1.78. The molecule has 1 N–H and O–H groups in total. The van der Waals surface area contributed by atoms with Crippen molar-refractivity contribution in [2.24, 2.45) is 0 Å². The third kappa shape index (κ3) is 4.88. The van der Waals surface area contributed by atoms with Gasteiger partial charge in [0.2, 0.25) is 0 Å². The zero-order valence-corrected chi connectivity index (χ0v) is 17.1. The van der Waals surface area contributed by atoms with Crippen LogP contribution >= 0.6 is 0 Å². The molecule has 0 spiro atoms. The zero-order valence-electron chi connectivity index (χ0n) is 17.1. The number of nitriles is 1. The summed E-state index contributed by atoms with van der Waals surface area (Å²) < 4.78 is 10.3. The van der Waals surface area contributed by atoms with Crippen LogP contribution in [0, 0.1) is 28.4 Å². The highest BCUT2D eigenvalue weighted by Crippen LogP contribution is 2.29. The number of ether oxygens (including phenoxy) is 1. The maximum absolute atomic E-state index is 12.5. The monoisotopic (exact) mass is 431 g/mol. The number of rotatable bonds is 6. The first kappa shape index (κ1) is 22.0. The van der Waals surface area contributed by atoms with Crippen LogP contribution in [0.3, 0.4) is 0 Å². The van der Waals surface area contributed by atoms with Crippen LogP contribution in [0.2, 0.25) is 0 Å². The first-order valence-corrected chi connectivity index (χ1v) is 9.29. The molecule has 9 nitrogen and oxygen atoms in total. The predicted molar refractivity (Wildman–Crippen MR) is 116 cm³/mol. The fourth-order valence-corrected chi connectivity index (χ4v) is 2.91. The molecule has 2 aromatic carbocycles. The minimum absolute atomic E-state index is 0.0269. The Morgan fingerprint density at radius 2 is 1.88 bits per heavy atom. The minimum Gasteiger partial charge on any atom is -0.465 e. The zero-order chi connectivity index (χ0) is 23.3. The molecule has 3 rings (SSSR count). The largest absolute Gasteiger partial charge is 0.465 e. The van der Waals surface area contributed by atoms with Crippen LogP contribution in [0.5, 0.6) is 0 Å². The van der Waals surface area contributed by atoms with Gasteiger partial charge in [-0.3, -0.25) is 14.9 Å². The molecular weight excluding hydrogens is 414 g/mol. The number of nitrogens with one attached hydrogen (secondary N) is 1. The van der Waals surface area contributed by atoms with E-state index in [1.165, 1.54) is 49.6 Å². The number of nitro groups is 1. The minimum atomic E-state index is -0.650. The Morgan fingerprint density at radius 1 is 1.16 bits per heavy atom. The van der Waals surface area contributed by atoms with Gasteiger partial charge < -0.3 is 14.5 Å². The summed E-state index contributed by atoms with van der Waals surface area (Å²) in [4.78, 5) is 34.4. The van der Waals surface area contributed by atoms with Gasteiger partial charge in [0.05, 0.1) is 17.6 Å². The molecule has 32 heavy (non-hydrogen) atoms. The summed E-state index contributed by atoms with van der Waals surface area (Å²) in [7, 11) is 1.27. The van der Waals surface area contributed by atoms with E-state index in [1.54, 1.807) is 25.1 Å². The molecule has 0 bridgehead atoms. The second kappa shape index (κ2) is 9.40. The molecule has 160 valence electrons. The number of methoxy groups -OCH3 is 1. The number of non-ortho nitro benzene ring substituents is 1. The predicted octanol–water partition coefficient (Wildman–Crippen LogP) is 4.50. The molecule has 0 aliphatic heterocycles. The molecule has 0 aliphatic carbocycles. The quantitative estimate of drug-likeness (QED) is 0.200. The van der Waals surface area contributed by atoms with Crippen LogP contribution in [0.25, 0.3) is 17.4 Å². The number of anilines is 1. The Kier molecular flexibility index (Phi) is 6.46. The summed E-state index contributed by atoms with van der Waals surface area (Å²) in [6.07, 6.45) is 1.29. The van der Waals surface area contributed by atoms with E-state index >= 15 is 0 Å². The van der Waals surface area contributed by atoms with Gasteiger partial charge in [-0.05, 0) is 55.0 Å². The van der Waals surface area contributed by atoms with Gasteiger partial charge in [0, 0.05) is 29.5 Å². The number of amides is 1. The summed E-state index contributed by atoms with van der Waals surface area (Å²) in [5.41, 5.74) is 1.81. The van der Waals surface area contributed by atoms with E-state index in [4.69, 9.17) is 4.42 Å². The van der Waals surface area contributed by atoms with E-state index in [-0.39, 0.29) is 17.0 Å². The van der Waals surface area contributed by atoms with E-state index < -0.39 is 16.8 Å². The Hall–Kier alpha value is -4.71. The summed E-state index contributed by atoms with van der Waals surface area (Å²) >= 11 is 0. The molecular formula is C23H17N3O6. The van der Waals surface area contributed by atoms with Gasteiger partial charge in [-0.15, -0.1) is 0 Å². The second-order valence-corrected chi connectivity index (χ2v) is 6.65. The first-order valence-electron chi connectivity index (χ1n) is 9.29. The van der Waals surface area contributed by atoms with E-state index in [1.807, 2.05) is 6.07 Å². The van der Waals surface area contributed by atoms with Crippen LogP contribution in [0.4, 0.5) is 11.4 Å². The number of esters is 1. The lowest BCUT2D eigenvalue weighted by Crippen LogP contribution is -2.13. The van der Waals surface area contributed by atoms with Gasteiger partial charge in [0.25, 0.3) is 11.6 Å². The van der Waals surface area contributed by atoms with Crippen LogP contribution < -0.4 is 5.32 Å². The molecule has 1 aromatic heterocycles. The van der Waals surface area contributed by atoms with Crippen LogP contribution in [0.1, 0.15) is 21.7 Å². The lowest BCUT2D eigenvalue weighted by Gasteiger charge is -2.05. The average Bonchev–Trinajstić information content (AvgIpc) is 3.25. The number of furan rings is 1. The molecule has 0 saturated carbocycles. The summed E-state index contributed by atoms with van der Waals surface area (Å²) in [5.74, 6) is -0.439. The molecule has 1 heterocycles. The van der Waals surface area contributed by atoms with E-state index in [0.717, 1.165) is 0 Å². The number of nitrogens with zero attached hydrogens (tertiary/aromatic N) is 2. The van der Waals surface area contributed by atoms with Crippen molar-refractivity contribution >= 4 is 29.3 Å². The molecule has 9 heteroatoms. The van der Waals surface area contributed by atoms with Gasteiger partial charge in [-0.1, -0.05) is 0 Å². The lowest BCUT2D eigenvalue weighted by atomic mass is 10.1. The van der Waals surface area contributed by atoms with Crippen molar-refractivity contribution in [3.05, 3.63) is 87.2 Å². The number of hydrogen-bond donors (Lipinski definition) is 1. The normalized spacial score (nSPS) is 10.8. The maximum atomic E-state index is 12.5. The Bertz CT molecular complexity index is 1270. The number of carbonyl (C=O) groups is 2. The Labute approximate surface area is 182 Å². The van der Waals surface area contributed by atoms with E-state index in [0.29, 0.717) is 28.1 Å². The third-order valence-corrected chi connectivity index (χ3v) is 4.53. The SMILES string of the molecule is COC(=O)c1ccc(NC(=O)/C(C#N)=C/c2ccc(-c3ccc([N+](=O)[O-])cc3C)o2)cc1. The number of carbonyl (C=O) groups excluding carboxylic acids is 2. The van der Waals surface area contributed by atoms with Crippen molar-refractivity contribution in [2.75, 3.05) is 12.4 Å². The molecule has 3 aromatic rings. The van der Waals surface area contributed by atoms with Gasteiger partial charge in [0.15, 0.2) is 0 Å². The van der Waals surface area contributed by atoms with Crippen LogP contribution in [-0.4, -0.2) is 23.9 Å². The van der Waals surface area contributed by atoms with E-state index in [2.05, 4.69) is 10.1 Å². The molecule has 0 saturated heterocycles. The standard InChI is InChI=1S/C23H17N3O6/c1-14-11-18(26(29)30)7-9-20(14)21-10-8-19(32-21)12-16(13-24)22(27)25-17-5-3-15(4-6-17)23(28)31-2/h3-12H,1-2H3,(H,25,27)/b16-12+. The molecule has 0 aliphatic rings. The summed E-state index contributed by atoms with van der Waals surface area (Å²) in [6.45, 7) is 1.72. The fraction of sp³-hybridized carbons (Fsp3) is 0.0870. The molecule has 0 radical (unpaired) electrons. The number of hydrogen-bond acceptors (Lipinski definition) is 7. The summed E-state index contributed by atoms with van der Waals surface area (Å²) in [5, 5.41) is 22.9. The lowest BCUT2D eigenvalue weighted by molar-refractivity contribution is -0.384. The fourth-order valence-electron chi connectivity index (χ4n) is 2.91. The molecule has 0 atom stereocenters. The van der Waals surface area contributed by atoms with Crippen LogP contribution in [-0.2, 0) is 9.53 Å². The number of benzene rings is 2. The van der Waals surface area contributed by atoms with Gasteiger partial charge in [-0.2, -0.15) is 5.26 Å². The van der Waals surface area contributed by atoms with Gasteiger partial charge >= 0.3 is 5.97 Å². The first-order chi connectivity index (χ1) is 15.3. The van der Waals surface area contributed by atoms with Crippen LogP contribution in [0.15, 0.2) is 64.6 Å². The number of aryl methyl sites for hydroxylation is 1. The number of nitro benzene ring substituents is 1. The van der Waals surface area contributed by atoms with Crippen molar-refractivity contribution in [1.82, 2.24) is 0 Å². The topological polar surface area (TPSA) is 135 Å². The van der Waals surface area contributed by atoms with E-state index in [9.17, 15) is 25.0 Å².